The van der Waals surface area contributed by atoms with Gasteiger partial charge in [0.25, 0.3) is 0 Å². The van der Waals surface area contributed by atoms with E-state index in [1.807, 2.05) is 27.7 Å². The zero-order chi connectivity index (χ0) is 11.2. The summed E-state index contributed by atoms with van der Waals surface area (Å²) in [5.74, 6) is 0. The highest BCUT2D eigenvalue weighted by Gasteiger charge is 2.65. The van der Waals surface area contributed by atoms with Crippen LogP contribution < -0.4 is 0 Å². The van der Waals surface area contributed by atoms with E-state index in [2.05, 4.69) is 0 Å². The average Bonchev–Trinajstić information content (AvgIpc) is 1.98. The van der Waals surface area contributed by atoms with Gasteiger partial charge in [0.05, 0.1) is 10.8 Å². The monoisotopic (exact) mass is 219 g/mol. The molecule has 0 atom stereocenters. The maximum absolute atomic E-state index is 11.2. The molecule has 0 spiro atoms. The third kappa shape index (κ3) is 1.33. The summed E-state index contributed by atoms with van der Waals surface area (Å²) in [5, 5.41) is 11.2. The molecule has 0 aliphatic heterocycles. The highest BCUT2D eigenvalue weighted by Crippen LogP contribution is 2.57. The van der Waals surface area contributed by atoms with Gasteiger partial charge in [0.1, 0.15) is 0 Å². The van der Waals surface area contributed by atoms with E-state index in [4.69, 9.17) is 11.6 Å². The van der Waals surface area contributed by atoms with Gasteiger partial charge in [0.2, 0.25) is 0 Å². The molecule has 0 saturated heterocycles. The number of nitrogens with zero attached hydrogens (tertiary/aromatic N) is 1. The van der Waals surface area contributed by atoms with Crippen LogP contribution in [-0.2, 0) is 0 Å². The second kappa shape index (κ2) is 3.09. The van der Waals surface area contributed by atoms with Crippen molar-refractivity contribution in [3.63, 3.8) is 0 Å². The van der Waals surface area contributed by atoms with Gasteiger partial charge in [0.15, 0.2) is 0 Å². The van der Waals surface area contributed by atoms with Crippen LogP contribution in [0.3, 0.4) is 0 Å². The van der Waals surface area contributed by atoms with E-state index in [1.54, 1.807) is 0 Å². The summed E-state index contributed by atoms with van der Waals surface area (Å²) in [5.41, 5.74) is -0.889. The smallest absolute Gasteiger partial charge is 0.263 e. The number of alkyl halides is 1. The molecule has 0 heterocycles. The number of rotatable bonds is 1. The molecule has 0 bridgehead atoms. The summed E-state index contributed by atoms with van der Waals surface area (Å²) < 4.78 is 0. The fraction of sp³-hybridized carbons (Fsp3) is 1.00. The van der Waals surface area contributed by atoms with Crippen LogP contribution in [0.15, 0.2) is 0 Å². The first kappa shape index (κ1) is 11.8. The Morgan fingerprint density at radius 3 is 1.71 bits per heavy atom. The molecular weight excluding hydrogens is 202 g/mol. The molecule has 82 valence electrons. The van der Waals surface area contributed by atoms with Gasteiger partial charge in [-0.3, -0.25) is 10.1 Å². The average molecular weight is 220 g/mol. The Labute approximate surface area is 90.0 Å². The molecule has 0 unspecified atom stereocenters. The summed E-state index contributed by atoms with van der Waals surface area (Å²) >= 11 is 6.29. The SMILES string of the molecule is CC1(C)CCCC(C)(C)C1(Cl)[N+](=O)[O-]. The van der Waals surface area contributed by atoms with Gasteiger partial charge in [-0.15, -0.1) is 0 Å². The van der Waals surface area contributed by atoms with E-state index >= 15 is 0 Å². The van der Waals surface area contributed by atoms with E-state index in [9.17, 15) is 10.1 Å². The Morgan fingerprint density at radius 2 is 1.50 bits per heavy atom. The first-order valence-corrected chi connectivity index (χ1v) is 5.36. The van der Waals surface area contributed by atoms with Gasteiger partial charge < -0.3 is 0 Å². The van der Waals surface area contributed by atoms with Crippen molar-refractivity contribution < 1.29 is 4.92 Å². The largest absolute Gasteiger partial charge is 0.304 e. The first-order valence-electron chi connectivity index (χ1n) is 4.98. The predicted octanol–water partition coefficient (Wildman–Crippen LogP) is 3.43. The first-order chi connectivity index (χ1) is 6.15. The van der Waals surface area contributed by atoms with E-state index in [1.165, 1.54) is 0 Å². The highest BCUT2D eigenvalue weighted by molar-refractivity contribution is 6.23. The molecule has 1 rings (SSSR count). The number of halogens is 1. The van der Waals surface area contributed by atoms with E-state index < -0.39 is 15.8 Å². The van der Waals surface area contributed by atoms with Gasteiger partial charge in [0, 0.05) is 4.92 Å². The molecule has 4 heteroatoms. The molecule has 0 aromatic carbocycles. The Balaban J connectivity index is 3.22. The van der Waals surface area contributed by atoms with Crippen molar-refractivity contribution in [3.05, 3.63) is 10.1 Å². The van der Waals surface area contributed by atoms with Crippen LogP contribution in [0.25, 0.3) is 0 Å². The summed E-state index contributed by atoms with van der Waals surface area (Å²) in [6, 6.07) is 0. The summed E-state index contributed by atoms with van der Waals surface area (Å²) in [4.78, 5) is 9.55. The molecule has 14 heavy (non-hydrogen) atoms. The van der Waals surface area contributed by atoms with E-state index in [0.29, 0.717) is 0 Å². The topological polar surface area (TPSA) is 43.1 Å². The molecule has 1 fully saturated rings. The standard InChI is InChI=1S/C10H18ClNO2/c1-8(2)6-5-7-9(3,4)10(8,11)12(13)14/h5-7H2,1-4H3. The fourth-order valence-electron chi connectivity index (χ4n) is 2.71. The van der Waals surface area contributed by atoms with Crippen LogP contribution in [0.5, 0.6) is 0 Å². The van der Waals surface area contributed by atoms with Crippen molar-refractivity contribution in [2.45, 2.75) is 52.0 Å². The summed E-state index contributed by atoms with van der Waals surface area (Å²) in [6.07, 6.45) is 2.66. The van der Waals surface area contributed by atoms with Crippen LogP contribution in [0.4, 0.5) is 0 Å². The lowest BCUT2D eigenvalue weighted by atomic mass is 9.61. The van der Waals surface area contributed by atoms with Crippen LogP contribution in [0.2, 0.25) is 0 Å². The van der Waals surface area contributed by atoms with Crippen molar-refractivity contribution >= 4 is 11.6 Å². The van der Waals surface area contributed by atoms with Gasteiger partial charge in [-0.2, -0.15) is 0 Å². The lowest BCUT2D eigenvalue weighted by Gasteiger charge is -2.48. The van der Waals surface area contributed by atoms with Gasteiger partial charge >= 0.3 is 5.00 Å². The van der Waals surface area contributed by atoms with Crippen molar-refractivity contribution in [1.82, 2.24) is 0 Å². The minimum atomic E-state index is -1.34. The Kier molecular flexibility index (Phi) is 2.60. The molecule has 0 amide bonds. The summed E-state index contributed by atoms with van der Waals surface area (Å²) in [7, 11) is 0. The second-order valence-electron chi connectivity index (χ2n) is 5.50. The molecule has 0 aromatic heterocycles. The maximum Gasteiger partial charge on any atom is 0.304 e. The Bertz CT molecular complexity index is 245. The molecule has 0 N–H and O–H groups in total. The normalized spacial score (nSPS) is 28.4. The Hall–Kier alpha value is -0.310. The van der Waals surface area contributed by atoms with E-state index in [0.717, 1.165) is 19.3 Å². The zero-order valence-electron chi connectivity index (χ0n) is 9.26. The molecule has 1 saturated carbocycles. The second-order valence-corrected chi connectivity index (χ2v) is 6.05. The van der Waals surface area contributed by atoms with Gasteiger partial charge in [-0.05, 0) is 24.4 Å². The fourth-order valence-corrected chi connectivity index (χ4v) is 2.90. The van der Waals surface area contributed by atoms with Crippen LogP contribution in [0.1, 0.15) is 47.0 Å². The molecule has 1 aliphatic rings. The molecule has 3 nitrogen and oxygen atoms in total. The van der Waals surface area contributed by atoms with Crippen molar-refractivity contribution in [1.29, 1.82) is 0 Å². The Morgan fingerprint density at radius 1 is 1.14 bits per heavy atom. The van der Waals surface area contributed by atoms with Crippen molar-refractivity contribution in [3.8, 4) is 0 Å². The minimum Gasteiger partial charge on any atom is -0.263 e. The van der Waals surface area contributed by atoms with Crippen LogP contribution >= 0.6 is 11.6 Å². The third-order valence-corrected chi connectivity index (χ3v) is 4.81. The van der Waals surface area contributed by atoms with Crippen LogP contribution in [0, 0.1) is 20.9 Å². The highest BCUT2D eigenvalue weighted by atomic mass is 35.5. The molecule has 1 aliphatic carbocycles. The van der Waals surface area contributed by atoms with Gasteiger partial charge in [-0.25, -0.2) is 0 Å². The number of nitro groups is 1. The zero-order valence-corrected chi connectivity index (χ0v) is 10.0. The molecule has 0 radical (unpaired) electrons. The number of hydrogen-bond donors (Lipinski definition) is 0. The lowest BCUT2D eigenvalue weighted by Crippen LogP contribution is -2.58. The maximum atomic E-state index is 11.2. The predicted molar refractivity (Wildman–Crippen MR) is 57.0 cm³/mol. The quantitative estimate of drug-likeness (QED) is 0.294. The van der Waals surface area contributed by atoms with E-state index in [-0.39, 0.29) is 4.92 Å². The minimum absolute atomic E-state index is 0.298. The van der Waals surface area contributed by atoms with Crippen molar-refractivity contribution in [2.75, 3.05) is 0 Å². The van der Waals surface area contributed by atoms with Crippen LogP contribution in [-0.4, -0.2) is 9.92 Å². The summed E-state index contributed by atoms with van der Waals surface area (Å²) in [6.45, 7) is 7.57. The molecule has 0 aromatic rings. The number of hydrogen-bond acceptors (Lipinski definition) is 2. The third-order valence-electron chi connectivity index (χ3n) is 3.65. The lowest BCUT2D eigenvalue weighted by molar-refractivity contribution is -0.585. The van der Waals surface area contributed by atoms with Crippen molar-refractivity contribution in [2.24, 2.45) is 10.8 Å². The molecular formula is C10H18ClNO2. The van der Waals surface area contributed by atoms with Gasteiger partial charge in [-0.1, -0.05) is 34.1 Å².